The average molecular weight is 261 g/mol. The molecule has 1 aromatic rings. The molecule has 19 heavy (non-hydrogen) atoms. The van der Waals surface area contributed by atoms with E-state index in [1.54, 1.807) is 12.4 Å². The van der Waals surface area contributed by atoms with Crippen LogP contribution in [-0.4, -0.2) is 66.1 Å². The van der Waals surface area contributed by atoms with Crippen molar-refractivity contribution < 1.29 is 9.53 Å². The molecule has 1 atom stereocenters. The number of hydrogen-bond donors (Lipinski definition) is 0. The number of pyridine rings is 1. The second kappa shape index (κ2) is 5.67. The van der Waals surface area contributed by atoms with Gasteiger partial charge in [-0.05, 0) is 18.6 Å². The van der Waals surface area contributed by atoms with Crippen LogP contribution in [0.1, 0.15) is 16.8 Å². The summed E-state index contributed by atoms with van der Waals surface area (Å²) in [6.45, 7) is 5.27. The first-order chi connectivity index (χ1) is 9.34. The van der Waals surface area contributed by atoms with Gasteiger partial charge in [-0.1, -0.05) is 0 Å². The van der Waals surface area contributed by atoms with Gasteiger partial charge in [0.2, 0.25) is 0 Å². The molecule has 1 aromatic heterocycles. The van der Waals surface area contributed by atoms with Crippen LogP contribution in [0.15, 0.2) is 24.5 Å². The van der Waals surface area contributed by atoms with Crippen LogP contribution in [0.3, 0.4) is 0 Å². The van der Waals surface area contributed by atoms with Crippen molar-refractivity contribution in [2.45, 2.75) is 12.5 Å². The minimum Gasteiger partial charge on any atom is -0.379 e. The van der Waals surface area contributed by atoms with E-state index in [9.17, 15) is 4.79 Å². The van der Waals surface area contributed by atoms with Crippen molar-refractivity contribution in [3.8, 4) is 0 Å². The fourth-order valence-electron chi connectivity index (χ4n) is 2.84. The highest BCUT2D eigenvalue weighted by molar-refractivity contribution is 5.94. The van der Waals surface area contributed by atoms with Crippen molar-refractivity contribution in [1.29, 1.82) is 0 Å². The Bertz CT molecular complexity index is 432. The molecule has 0 N–H and O–H groups in total. The third-order valence-electron chi connectivity index (χ3n) is 3.92. The standard InChI is InChI=1S/C14H19N3O2/c18-14(12-2-1-4-15-10-12)17-5-3-13(11-17)16-6-8-19-9-7-16/h1-2,4,10,13H,3,5-9,11H2. The van der Waals surface area contributed by atoms with E-state index in [2.05, 4.69) is 9.88 Å². The molecule has 3 rings (SSSR count). The van der Waals surface area contributed by atoms with Gasteiger partial charge in [-0.2, -0.15) is 0 Å². The zero-order valence-corrected chi connectivity index (χ0v) is 11.0. The molecule has 0 spiro atoms. The lowest BCUT2D eigenvalue weighted by molar-refractivity contribution is 0.0185. The molecule has 102 valence electrons. The molecule has 2 fully saturated rings. The van der Waals surface area contributed by atoms with Gasteiger partial charge in [0.05, 0.1) is 18.8 Å². The van der Waals surface area contributed by atoms with Crippen molar-refractivity contribution in [2.24, 2.45) is 0 Å². The number of nitrogens with zero attached hydrogens (tertiary/aromatic N) is 3. The van der Waals surface area contributed by atoms with Gasteiger partial charge in [0.25, 0.3) is 5.91 Å². The van der Waals surface area contributed by atoms with Crippen LogP contribution in [0.25, 0.3) is 0 Å². The monoisotopic (exact) mass is 261 g/mol. The minimum absolute atomic E-state index is 0.101. The summed E-state index contributed by atoms with van der Waals surface area (Å²) in [5, 5.41) is 0. The molecule has 0 bridgehead atoms. The van der Waals surface area contributed by atoms with E-state index in [1.165, 1.54) is 0 Å². The first-order valence-corrected chi connectivity index (χ1v) is 6.86. The molecule has 1 amide bonds. The fourth-order valence-corrected chi connectivity index (χ4v) is 2.84. The molecular weight excluding hydrogens is 242 g/mol. The molecular formula is C14H19N3O2. The van der Waals surface area contributed by atoms with E-state index in [0.29, 0.717) is 11.6 Å². The third-order valence-corrected chi connectivity index (χ3v) is 3.92. The number of likely N-dealkylation sites (tertiary alicyclic amines) is 1. The Labute approximate surface area is 113 Å². The van der Waals surface area contributed by atoms with E-state index < -0.39 is 0 Å². The fraction of sp³-hybridized carbons (Fsp3) is 0.571. The van der Waals surface area contributed by atoms with Gasteiger partial charge in [0, 0.05) is 44.6 Å². The molecule has 3 heterocycles. The molecule has 5 nitrogen and oxygen atoms in total. The van der Waals surface area contributed by atoms with E-state index in [1.807, 2.05) is 17.0 Å². The van der Waals surface area contributed by atoms with E-state index in [4.69, 9.17) is 4.74 Å². The summed E-state index contributed by atoms with van der Waals surface area (Å²) in [5.74, 6) is 0.101. The first-order valence-electron chi connectivity index (χ1n) is 6.86. The number of ether oxygens (including phenoxy) is 1. The summed E-state index contributed by atoms with van der Waals surface area (Å²) in [4.78, 5) is 20.7. The Morgan fingerprint density at radius 2 is 2.16 bits per heavy atom. The van der Waals surface area contributed by atoms with Crippen LogP contribution in [0.4, 0.5) is 0 Å². The number of hydrogen-bond acceptors (Lipinski definition) is 4. The number of amides is 1. The summed E-state index contributed by atoms with van der Waals surface area (Å²) in [6.07, 6.45) is 4.40. The lowest BCUT2D eigenvalue weighted by Gasteiger charge is -2.32. The highest BCUT2D eigenvalue weighted by Crippen LogP contribution is 2.18. The van der Waals surface area contributed by atoms with Gasteiger partial charge in [0.15, 0.2) is 0 Å². The van der Waals surface area contributed by atoms with Crippen LogP contribution in [-0.2, 0) is 4.74 Å². The molecule has 1 unspecified atom stereocenters. The molecule has 2 aliphatic rings. The van der Waals surface area contributed by atoms with Crippen LogP contribution in [0.5, 0.6) is 0 Å². The quantitative estimate of drug-likeness (QED) is 0.783. The smallest absolute Gasteiger partial charge is 0.255 e. The Balaban J connectivity index is 1.61. The van der Waals surface area contributed by atoms with Gasteiger partial charge >= 0.3 is 0 Å². The third kappa shape index (κ3) is 2.77. The van der Waals surface area contributed by atoms with Crippen LogP contribution >= 0.6 is 0 Å². The highest BCUT2D eigenvalue weighted by Gasteiger charge is 2.31. The number of aromatic nitrogens is 1. The Morgan fingerprint density at radius 1 is 1.32 bits per heavy atom. The minimum atomic E-state index is 0.101. The van der Waals surface area contributed by atoms with Crippen molar-refractivity contribution in [1.82, 2.24) is 14.8 Å². The second-order valence-corrected chi connectivity index (χ2v) is 5.08. The molecule has 2 saturated heterocycles. The second-order valence-electron chi connectivity index (χ2n) is 5.08. The predicted octanol–water partition coefficient (Wildman–Crippen LogP) is 0.628. The van der Waals surface area contributed by atoms with Gasteiger partial charge in [-0.3, -0.25) is 14.7 Å². The van der Waals surface area contributed by atoms with Gasteiger partial charge in [-0.15, -0.1) is 0 Å². The summed E-state index contributed by atoms with van der Waals surface area (Å²) in [6, 6.07) is 4.13. The van der Waals surface area contributed by atoms with Crippen molar-refractivity contribution in [3.63, 3.8) is 0 Å². The van der Waals surface area contributed by atoms with Crippen LogP contribution in [0.2, 0.25) is 0 Å². The van der Waals surface area contributed by atoms with E-state index in [-0.39, 0.29) is 5.91 Å². The maximum Gasteiger partial charge on any atom is 0.255 e. The molecule has 0 radical (unpaired) electrons. The predicted molar refractivity (Wildman–Crippen MR) is 70.9 cm³/mol. The van der Waals surface area contributed by atoms with Gasteiger partial charge in [0.1, 0.15) is 0 Å². The molecule has 0 aromatic carbocycles. The topological polar surface area (TPSA) is 45.7 Å². The summed E-state index contributed by atoms with van der Waals surface area (Å²) in [5.41, 5.74) is 0.685. The lowest BCUT2D eigenvalue weighted by Crippen LogP contribution is -2.45. The lowest BCUT2D eigenvalue weighted by atomic mass is 10.2. The normalized spacial score (nSPS) is 24.6. The Morgan fingerprint density at radius 3 is 2.89 bits per heavy atom. The van der Waals surface area contributed by atoms with Crippen LogP contribution in [0, 0.1) is 0 Å². The SMILES string of the molecule is O=C(c1cccnc1)N1CCC(N2CCOCC2)C1. The van der Waals surface area contributed by atoms with E-state index >= 15 is 0 Å². The first kappa shape index (κ1) is 12.6. The number of carbonyl (C=O) groups is 1. The zero-order chi connectivity index (χ0) is 13.1. The Hall–Kier alpha value is -1.46. The zero-order valence-electron chi connectivity index (χ0n) is 11.0. The number of morpholine rings is 1. The average Bonchev–Trinajstić information content (AvgIpc) is 2.98. The Kier molecular flexibility index (Phi) is 3.75. The van der Waals surface area contributed by atoms with Crippen molar-refractivity contribution in [3.05, 3.63) is 30.1 Å². The van der Waals surface area contributed by atoms with Crippen LogP contribution < -0.4 is 0 Å². The number of rotatable bonds is 2. The van der Waals surface area contributed by atoms with E-state index in [0.717, 1.165) is 45.8 Å². The highest BCUT2D eigenvalue weighted by atomic mass is 16.5. The maximum absolute atomic E-state index is 12.3. The summed E-state index contributed by atoms with van der Waals surface area (Å²) < 4.78 is 5.37. The van der Waals surface area contributed by atoms with Crippen molar-refractivity contribution >= 4 is 5.91 Å². The molecule has 2 aliphatic heterocycles. The molecule has 0 saturated carbocycles. The molecule has 0 aliphatic carbocycles. The van der Waals surface area contributed by atoms with Crippen molar-refractivity contribution in [2.75, 3.05) is 39.4 Å². The largest absolute Gasteiger partial charge is 0.379 e. The molecule has 5 heteroatoms. The number of carbonyl (C=O) groups excluding carboxylic acids is 1. The summed E-state index contributed by atoms with van der Waals surface area (Å²) in [7, 11) is 0. The van der Waals surface area contributed by atoms with Gasteiger partial charge < -0.3 is 9.64 Å². The summed E-state index contributed by atoms with van der Waals surface area (Å²) >= 11 is 0. The maximum atomic E-state index is 12.3. The van der Waals surface area contributed by atoms with Gasteiger partial charge in [-0.25, -0.2) is 0 Å².